The third-order valence-corrected chi connectivity index (χ3v) is 6.23. The molecule has 142 valence electrons. The molecule has 0 aliphatic carbocycles. The molecule has 0 bridgehead atoms. The number of fused-ring (bicyclic) bond motifs is 9. The second-order valence-electron chi connectivity index (χ2n) is 7.81. The van der Waals surface area contributed by atoms with Crippen LogP contribution in [0.1, 0.15) is 0 Å². The summed E-state index contributed by atoms with van der Waals surface area (Å²) in [5.41, 5.74) is 8.16. The van der Waals surface area contributed by atoms with Crippen LogP contribution in [-0.4, -0.2) is 18.5 Å². The monoisotopic (exact) mass is 386 g/mol. The largest absolute Gasteiger partial charge is 0.313 e. The standard InChI is InChI=1S/C26H18N4/c1-28-23-16-15-22-24(25(23)30-21-14-8-6-12-19(21)27-26(28)30)18-11-5-7-13-20(18)29(22)17-9-3-2-4-10-17/h2-16H,1H3. The number of hydrogen-bond donors (Lipinski definition) is 0. The Hall–Kier alpha value is -4.05. The Morgan fingerprint density at radius 2 is 1.33 bits per heavy atom. The molecule has 0 radical (unpaired) electrons. The topological polar surface area (TPSA) is 27.2 Å². The summed E-state index contributed by atoms with van der Waals surface area (Å²) < 4.78 is 6.88. The van der Waals surface area contributed by atoms with E-state index in [0.717, 1.165) is 16.8 Å². The van der Waals surface area contributed by atoms with Crippen LogP contribution in [0.2, 0.25) is 0 Å². The van der Waals surface area contributed by atoms with Crippen LogP contribution in [0.15, 0.2) is 91.0 Å². The number of benzene rings is 4. The van der Waals surface area contributed by atoms with Crippen LogP contribution >= 0.6 is 0 Å². The average molecular weight is 386 g/mol. The number of nitrogens with zero attached hydrogens (tertiary/aromatic N) is 4. The van der Waals surface area contributed by atoms with Gasteiger partial charge in [-0.1, -0.05) is 48.5 Å². The van der Waals surface area contributed by atoms with Gasteiger partial charge in [-0.15, -0.1) is 0 Å². The van der Waals surface area contributed by atoms with Gasteiger partial charge < -0.3 is 9.13 Å². The lowest BCUT2D eigenvalue weighted by Crippen LogP contribution is -1.93. The van der Waals surface area contributed by atoms with Crippen molar-refractivity contribution in [3.05, 3.63) is 91.0 Å². The van der Waals surface area contributed by atoms with E-state index in [9.17, 15) is 0 Å². The summed E-state index contributed by atoms with van der Waals surface area (Å²) in [5.74, 6) is 0.968. The molecule has 4 aromatic carbocycles. The lowest BCUT2D eigenvalue weighted by molar-refractivity contribution is 0.973. The first kappa shape index (κ1) is 15.8. The van der Waals surface area contributed by atoms with Crippen molar-refractivity contribution in [2.24, 2.45) is 7.05 Å². The predicted molar refractivity (Wildman–Crippen MR) is 124 cm³/mol. The number of rotatable bonds is 1. The molecule has 3 aromatic heterocycles. The molecule has 0 aliphatic heterocycles. The Balaban J connectivity index is 1.81. The lowest BCUT2D eigenvalue weighted by Gasteiger charge is -2.07. The van der Waals surface area contributed by atoms with Gasteiger partial charge in [0.1, 0.15) is 0 Å². The number of aryl methyl sites for hydroxylation is 1. The molecule has 0 spiro atoms. The Morgan fingerprint density at radius 3 is 2.20 bits per heavy atom. The molecule has 30 heavy (non-hydrogen) atoms. The summed E-state index contributed by atoms with van der Waals surface area (Å²) in [6.07, 6.45) is 0. The van der Waals surface area contributed by atoms with E-state index in [1.54, 1.807) is 0 Å². The SMILES string of the molecule is Cn1c2ccc3c(c4ccccc4n3-c3ccccc3)c2n2c3ccccc3nc12. The summed E-state index contributed by atoms with van der Waals surface area (Å²) >= 11 is 0. The molecule has 0 aliphatic rings. The molecule has 0 amide bonds. The van der Waals surface area contributed by atoms with Crippen LogP contribution in [0.25, 0.3) is 55.3 Å². The minimum atomic E-state index is 0.968. The van der Waals surface area contributed by atoms with E-state index < -0.39 is 0 Å². The fourth-order valence-electron chi connectivity index (χ4n) is 4.95. The van der Waals surface area contributed by atoms with E-state index in [0.29, 0.717) is 0 Å². The van der Waals surface area contributed by atoms with Crippen molar-refractivity contribution < 1.29 is 0 Å². The van der Waals surface area contributed by atoms with E-state index in [4.69, 9.17) is 4.98 Å². The maximum Gasteiger partial charge on any atom is 0.215 e. The molecule has 3 heterocycles. The summed E-state index contributed by atoms with van der Waals surface area (Å²) in [5, 5.41) is 2.52. The molecular weight excluding hydrogens is 368 g/mol. The van der Waals surface area contributed by atoms with Gasteiger partial charge in [-0.25, -0.2) is 4.98 Å². The van der Waals surface area contributed by atoms with Crippen molar-refractivity contribution in [1.29, 1.82) is 0 Å². The van der Waals surface area contributed by atoms with Crippen molar-refractivity contribution in [2.75, 3.05) is 0 Å². The maximum absolute atomic E-state index is 4.92. The summed E-state index contributed by atoms with van der Waals surface area (Å²) in [4.78, 5) is 4.92. The van der Waals surface area contributed by atoms with E-state index >= 15 is 0 Å². The third kappa shape index (κ3) is 1.83. The average Bonchev–Trinajstić information content (AvgIpc) is 3.42. The van der Waals surface area contributed by atoms with Gasteiger partial charge in [0.25, 0.3) is 0 Å². The van der Waals surface area contributed by atoms with Gasteiger partial charge in [0.2, 0.25) is 5.78 Å². The van der Waals surface area contributed by atoms with Gasteiger partial charge in [-0.3, -0.25) is 4.40 Å². The van der Waals surface area contributed by atoms with E-state index in [-0.39, 0.29) is 0 Å². The first-order valence-corrected chi connectivity index (χ1v) is 10.2. The highest BCUT2D eigenvalue weighted by Gasteiger charge is 2.20. The first-order valence-electron chi connectivity index (χ1n) is 10.2. The Bertz CT molecular complexity index is 1750. The molecule has 4 nitrogen and oxygen atoms in total. The van der Waals surface area contributed by atoms with Crippen LogP contribution in [-0.2, 0) is 7.05 Å². The minimum Gasteiger partial charge on any atom is -0.313 e. The van der Waals surface area contributed by atoms with Crippen molar-refractivity contribution in [3.8, 4) is 5.69 Å². The van der Waals surface area contributed by atoms with Gasteiger partial charge >= 0.3 is 0 Å². The summed E-state index contributed by atoms with van der Waals surface area (Å²) in [7, 11) is 2.10. The number of hydrogen-bond acceptors (Lipinski definition) is 1. The highest BCUT2D eigenvalue weighted by Crippen LogP contribution is 2.38. The number of imidazole rings is 2. The fraction of sp³-hybridized carbons (Fsp3) is 0.0385. The molecule has 0 atom stereocenters. The van der Waals surface area contributed by atoms with Crippen LogP contribution in [0.3, 0.4) is 0 Å². The molecule has 0 unspecified atom stereocenters. The molecule has 4 heteroatoms. The zero-order valence-electron chi connectivity index (χ0n) is 16.4. The van der Waals surface area contributed by atoms with Crippen LogP contribution in [0, 0.1) is 0 Å². The maximum atomic E-state index is 4.92. The second kappa shape index (κ2) is 5.51. The normalized spacial score (nSPS) is 12.2. The van der Waals surface area contributed by atoms with Crippen molar-refractivity contribution in [3.63, 3.8) is 0 Å². The van der Waals surface area contributed by atoms with E-state index in [2.05, 4.69) is 106 Å². The van der Waals surface area contributed by atoms with Crippen molar-refractivity contribution >= 4 is 49.7 Å². The van der Waals surface area contributed by atoms with Gasteiger partial charge in [-0.2, -0.15) is 0 Å². The molecule has 0 N–H and O–H groups in total. The highest BCUT2D eigenvalue weighted by molar-refractivity contribution is 6.21. The van der Waals surface area contributed by atoms with Crippen molar-refractivity contribution in [1.82, 2.24) is 18.5 Å². The van der Waals surface area contributed by atoms with Crippen LogP contribution in [0.5, 0.6) is 0 Å². The first-order chi connectivity index (χ1) is 14.8. The second-order valence-corrected chi connectivity index (χ2v) is 7.81. The Morgan fingerprint density at radius 1 is 0.633 bits per heavy atom. The predicted octanol–water partition coefficient (Wildman–Crippen LogP) is 6.08. The molecular formula is C26H18N4. The highest BCUT2D eigenvalue weighted by atomic mass is 15.2. The molecule has 0 fully saturated rings. The quantitative estimate of drug-likeness (QED) is 0.336. The molecule has 0 saturated carbocycles. The van der Waals surface area contributed by atoms with E-state index in [1.165, 1.54) is 38.5 Å². The van der Waals surface area contributed by atoms with Crippen molar-refractivity contribution in [2.45, 2.75) is 0 Å². The number of aromatic nitrogens is 4. The lowest BCUT2D eigenvalue weighted by atomic mass is 10.1. The third-order valence-electron chi connectivity index (χ3n) is 6.23. The van der Waals surface area contributed by atoms with Gasteiger partial charge in [-0.05, 0) is 42.5 Å². The molecule has 0 saturated heterocycles. The van der Waals surface area contributed by atoms with Crippen LogP contribution in [0.4, 0.5) is 0 Å². The molecule has 7 rings (SSSR count). The van der Waals surface area contributed by atoms with Gasteiger partial charge in [0.15, 0.2) is 0 Å². The Kier molecular flexibility index (Phi) is 2.91. The minimum absolute atomic E-state index is 0.968. The van der Waals surface area contributed by atoms with Gasteiger partial charge in [0.05, 0.1) is 33.1 Å². The summed E-state index contributed by atoms with van der Waals surface area (Å²) in [6, 6.07) is 32.1. The zero-order valence-corrected chi connectivity index (χ0v) is 16.4. The fourth-order valence-corrected chi connectivity index (χ4v) is 4.95. The van der Waals surface area contributed by atoms with E-state index in [1.807, 2.05) is 6.07 Å². The summed E-state index contributed by atoms with van der Waals surface area (Å²) in [6.45, 7) is 0. The number of para-hydroxylation sites is 4. The molecule has 7 aromatic rings. The van der Waals surface area contributed by atoms with Crippen LogP contribution < -0.4 is 0 Å². The smallest absolute Gasteiger partial charge is 0.215 e. The Labute approximate surface area is 172 Å². The zero-order chi connectivity index (χ0) is 19.8. The van der Waals surface area contributed by atoms with Gasteiger partial charge in [0, 0.05) is 23.5 Å².